The Labute approximate surface area is 177 Å². The maximum Gasteiger partial charge on any atom is 0.261 e. The molecule has 0 atom stereocenters. The van der Waals surface area contributed by atoms with Crippen LogP contribution < -0.4 is 14.8 Å². The Morgan fingerprint density at radius 1 is 0.867 bits per heavy atom. The summed E-state index contributed by atoms with van der Waals surface area (Å²) in [5, 5.41) is 2.76. The predicted octanol–water partition coefficient (Wildman–Crippen LogP) is 4.87. The summed E-state index contributed by atoms with van der Waals surface area (Å²) in [6, 6.07) is 20.2. The Morgan fingerprint density at radius 3 is 2.10 bits per heavy atom. The summed E-state index contributed by atoms with van der Waals surface area (Å²) in [6.07, 6.45) is 0. The minimum absolute atomic E-state index is 0.131. The lowest BCUT2D eigenvalue weighted by molar-refractivity contribution is 0.102. The average molecular weight is 425 g/mol. The molecule has 0 spiro atoms. The zero-order chi connectivity index (χ0) is 21.7. The molecule has 6 nitrogen and oxygen atoms in total. The van der Waals surface area contributed by atoms with E-state index in [1.54, 1.807) is 72.8 Å². The van der Waals surface area contributed by atoms with Crippen molar-refractivity contribution in [2.24, 2.45) is 0 Å². The molecule has 0 bridgehead atoms. The third kappa shape index (κ3) is 4.80. The Hall–Kier alpha value is -3.32. The molecule has 3 rings (SSSR count). The van der Waals surface area contributed by atoms with Crippen molar-refractivity contribution < 1.29 is 17.9 Å². The average Bonchev–Trinajstić information content (AvgIpc) is 2.74. The second-order valence-corrected chi connectivity index (χ2v) is 8.71. The summed E-state index contributed by atoms with van der Waals surface area (Å²) >= 11 is 0. The van der Waals surface area contributed by atoms with Gasteiger partial charge in [-0.2, -0.15) is 0 Å². The SMILES string of the molecule is COc1ccccc1NC(=O)c1ccccc1NS(=O)(=O)c1ccc(C(C)C)cc1. The van der Waals surface area contributed by atoms with Crippen LogP contribution >= 0.6 is 0 Å². The van der Waals surface area contributed by atoms with Crippen LogP contribution in [0.2, 0.25) is 0 Å². The summed E-state index contributed by atoms with van der Waals surface area (Å²) in [4.78, 5) is 13.0. The van der Waals surface area contributed by atoms with Gasteiger partial charge in [0, 0.05) is 0 Å². The molecule has 0 heterocycles. The van der Waals surface area contributed by atoms with Crippen molar-refractivity contribution in [2.75, 3.05) is 17.1 Å². The first-order chi connectivity index (χ1) is 14.3. The number of benzene rings is 3. The Morgan fingerprint density at radius 2 is 1.47 bits per heavy atom. The molecule has 1 amide bonds. The number of carbonyl (C=O) groups excluding carboxylic acids is 1. The standard InChI is InChI=1S/C23H24N2O4S/c1-16(2)17-12-14-18(15-13-17)30(27,28)25-20-9-5-4-8-19(20)23(26)24-21-10-6-7-11-22(21)29-3/h4-16,25H,1-3H3,(H,24,26). The second kappa shape index (κ2) is 9.00. The highest BCUT2D eigenvalue weighted by molar-refractivity contribution is 7.92. The van der Waals surface area contributed by atoms with Crippen molar-refractivity contribution >= 4 is 27.3 Å². The molecule has 0 aliphatic carbocycles. The van der Waals surface area contributed by atoms with Crippen LogP contribution in [0.5, 0.6) is 5.75 Å². The first-order valence-electron chi connectivity index (χ1n) is 9.48. The van der Waals surface area contributed by atoms with Gasteiger partial charge < -0.3 is 10.1 Å². The van der Waals surface area contributed by atoms with Gasteiger partial charge in [0.2, 0.25) is 0 Å². The number of carbonyl (C=O) groups is 1. The minimum atomic E-state index is -3.85. The van der Waals surface area contributed by atoms with Gasteiger partial charge in [-0.1, -0.05) is 50.2 Å². The fraction of sp³-hybridized carbons (Fsp3) is 0.174. The number of ether oxygens (including phenoxy) is 1. The molecule has 156 valence electrons. The Kier molecular flexibility index (Phi) is 6.42. The number of amides is 1. The van der Waals surface area contributed by atoms with E-state index in [9.17, 15) is 13.2 Å². The summed E-state index contributed by atoms with van der Waals surface area (Å²) in [6.45, 7) is 4.08. The molecule has 3 aromatic carbocycles. The van der Waals surface area contributed by atoms with E-state index in [1.807, 2.05) is 13.8 Å². The maximum absolute atomic E-state index is 12.9. The molecule has 2 N–H and O–H groups in total. The molecular weight excluding hydrogens is 400 g/mol. The fourth-order valence-electron chi connectivity index (χ4n) is 2.94. The predicted molar refractivity (Wildman–Crippen MR) is 119 cm³/mol. The van der Waals surface area contributed by atoms with Crippen LogP contribution in [0.15, 0.2) is 77.7 Å². The zero-order valence-corrected chi connectivity index (χ0v) is 17.9. The van der Waals surface area contributed by atoms with Crippen molar-refractivity contribution in [1.29, 1.82) is 0 Å². The van der Waals surface area contributed by atoms with Crippen LogP contribution in [0.4, 0.5) is 11.4 Å². The Balaban J connectivity index is 1.86. The monoisotopic (exact) mass is 424 g/mol. The highest BCUT2D eigenvalue weighted by atomic mass is 32.2. The summed E-state index contributed by atoms with van der Waals surface area (Å²) in [5.41, 5.74) is 1.93. The molecule has 7 heteroatoms. The second-order valence-electron chi connectivity index (χ2n) is 7.03. The lowest BCUT2D eigenvalue weighted by atomic mass is 10.0. The lowest BCUT2D eigenvalue weighted by Crippen LogP contribution is -2.19. The molecule has 0 aromatic heterocycles. The first-order valence-corrected chi connectivity index (χ1v) is 11.0. The van der Waals surface area contributed by atoms with E-state index in [0.29, 0.717) is 17.4 Å². The van der Waals surface area contributed by atoms with Gasteiger partial charge in [-0.05, 0) is 47.9 Å². The molecule has 0 aliphatic heterocycles. The molecule has 0 aliphatic rings. The molecular formula is C23H24N2O4S. The van der Waals surface area contributed by atoms with Crippen LogP contribution in [-0.4, -0.2) is 21.4 Å². The third-order valence-electron chi connectivity index (χ3n) is 4.63. The van der Waals surface area contributed by atoms with E-state index in [2.05, 4.69) is 10.0 Å². The molecule has 30 heavy (non-hydrogen) atoms. The van der Waals surface area contributed by atoms with E-state index < -0.39 is 15.9 Å². The number of anilines is 2. The van der Waals surface area contributed by atoms with E-state index in [0.717, 1.165) is 5.56 Å². The summed E-state index contributed by atoms with van der Waals surface area (Å²) in [5.74, 6) is 0.358. The number of para-hydroxylation sites is 3. The van der Waals surface area contributed by atoms with Gasteiger partial charge in [0.15, 0.2) is 0 Å². The minimum Gasteiger partial charge on any atom is -0.495 e. The number of nitrogens with one attached hydrogen (secondary N) is 2. The number of sulfonamides is 1. The molecule has 0 saturated heterocycles. The van der Waals surface area contributed by atoms with E-state index in [1.165, 1.54) is 7.11 Å². The Bertz CT molecular complexity index is 1140. The van der Waals surface area contributed by atoms with Crippen LogP contribution in [0.1, 0.15) is 35.7 Å². The van der Waals surface area contributed by atoms with Crippen molar-refractivity contribution in [3.8, 4) is 5.75 Å². The van der Waals surface area contributed by atoms with Crippen LogP contribution in [0.3, 0.4) is 0 Å². The summed E-state index contributed by atoms with van der Waals surface area (Å²) in [7, 11) is -2.34. The highest BCUT2D eigenvalue weighted by Gasteiger charge is 2.19. The smallest absolute Gasteiger partial charge is 0.261 e. The molecule has 0 saturated carbocycles. The maximum atomic E-state index is 12.9. The van der Waals surface area contributed by atoms with Crippen molar-refractivity contribution in [2.45, 2.75) is 24.7 Å². The van der Waals surface area contributed by atoms with Crippen molar-refractivity contribution in [3.63, 3.8) is 0 Å². The zero-order valence-electron chi connectivity index (χ0n) is 17.0. The quantitative estimate of drug-likeness (QED) is 0.567. The molecule has 0 fully saturated rings. The largest absolute Gasteiger partial charge is 0.495 e. The van der Waals surface area contributed by atoms with Crippen molar-refractivity contribution in [1.82, 2.24) is 0 Å². The van der Waals surface area contributed by atoms with Gasteiger partial charge in [-0.25, -0.2) is 8.42 Å². The topological polar surface area (TPSA) is 84.5 Å². The van der Waals surface area contributed by atoms with E-state index in [-0.39, 0.29) is 16.1 Å². The van der Waals surface area contributed by atoms with Crippen LogP contribution in [0, 0.1) is 0 Å². The van der Waals surface area contributed by atoms with Crippen LogP contribution in [0.25, 0.3) is 0 Å². The number of hydrogen-bond acceptors (Lipinski definition) is 4. The highest BCUT2D eigenvalue weighted by Crippen LogP contribution is 2.26. The van der Waals surface area contributed by atoms with Gasteiger partial charge in [0.25, 0.3) is 15.9 Å². The number of rotatable bonds is 7. The van der Waals surface area contributed by atoms with Crippen LogP contribution in [-0.2, 0) is 10.0 Å². The molecule has 3 aromatic rings. The molecule has 0 unspecified atom stereocenters. The summed E-state index contributed by atoms with van der Waals surface area (Å²) < 4.78 is 33.5. The number of methoxy groups -OCH3 is 1. The molecule has 0 radical (unpaired) electrons. The van der Waals surface area contributed by atoms with Gasteiger partial charge in [-0.15, -0.1) is 0 Å². The van der Waals surface area contributed by atoms with Gasteiger partial charge in [-0.3, -0.25) is 9.52 Å². The van der Waals surface area contributed by atoms with E-state index >= 15 is 0 Å². The van der Waals surface area contributed by atoms with Gasteiger partial charge in [0.05, 0.1) is 28.9 Å². The van der Waals surface area contributed by atoms with Crippen molar-refractivity contribution in [3.05, 3.63) is 83.9 Å². The van der Waals surface area contributed by atoms with Gasteiger partial charge in [0.1, 0.15) is 5.75 Å². The first kappa shape index (κ1) is 21.4. The van der Waals surface area contributed by atoms with E-state index in [4.69, 9.17) is 4.74 Å². The van der Waals surface area contributed by atoms with Gasteiger partial charge >= 0.3 is 0 Å². The normalized spacial score (nSPS) is 11.2. The lowest BCUT2D eigenvalue weighted by Gasteiger charge is -2.14. The third-order valence-corrected chi connectivity index (χ3v) is 6.01. The fourth-order valence-corrected chi connectivity index (χ4v) is 4.02. The number of hydrogen-bond donors (Lipinski definition) is 2.